The van der Waals surface area contributed by atoms with Crippen molar-refractivity contribution in [2.75, 3.05) is 0 Å². The van der Waals surface area contributed by atoms with E-state index in [0.717, 1.165) is 38.5 Å². The molecule has 0 spiro atoms. The molecular weight excluding hydrogens is 325 g/mol. The zero-order valence-electron chi connectivity index (χ0n) is 9.41. The van der Waals surface area contributed by atoms with Crippen molar-refractivity contribution >= 4 is 34.9 Å². The Morgan fingerprint density at radius 3 is 1.81 bits per heavy atom. The molecule has 0 radical (unpaired) electrons. The second-order valence-electron chi connectivity index (χ2n) is 3.46. The summed E-state index contributed by atoms with van der Waals surface area (Å²) in [5, 5.41) is 8.39. The number of rotatable bonds is 9. The molecule has 0 atom stereocenters. The Morgan fingerprint density at radius 1 is 0.938 bits per heavy atom. The molecule has 0 fully saturated rings. The van der Waals surface area contributed by atoms with Crippen molar-refractivity contribution in [1.82, 2.24) is 6.15 Å². The van der Waals surface area contributed by atoms with E-state index < -0.39 is 5.97 Å². The minimum atomic E-state index is -0.722. The molecule has 0 amide bonds. The molecule has 0 bridgehead atoms. The Labute approximate surface area is 110 Å². The molecule has 0 rings (SSSR count). The molecule has 0 heterocycles. The number of hydrogen-bond acceptors (Lipinski definition) is 4. The topological polar surface area (TPSA) is 98.6 Å². The lowest BCUT2D eigenvalue weighted by atomic mass is 10.1. The predicted molar refractivity (Wildman–Crippen MR) is 69.7 cm³/mol. The lowest BCUT2D eigenvalue weighted by Gasteiger charge is -1.99. The van der Waals surface area contributed by atoms with Gasteiger partial charge in [0.1, 0.15) is 0 Å². The van der Waals surface area contributed by atoms with Crippen LogP contribution in [0.1, 0.15) is 51.4 Å². The van der Waals surface area contributed by atoms with Crippen molar-refractivity contribution in [1.29, 1.82) is 0 Å². The van der Waals surface area contributed by atoms with E-state index in [0.29, 0.717) is 6.42 Å². The number of carbonyl (C=O) groups is 2. The van der Waals surface area contributed by atoms with Gasteiger partial charge in [-0.2, -0.15) is 0 Å². The highest BCUT2D eigenvalue weighted by Crippen LogP contribution is 2.09. The summed E-state index contributed by atoms with van der Waals surface area (Å²) in [4.78, 5) is 20.9. The summed E-state index contributed by atoms with van der Waals surface area (Å²) < 4.78 is 4.49. The maximum absolute atomic E-state index is 10.7. The Morgan fingerprint density at radius 2 is 1.38 bits per heavy atom. The summed E-state index contributed by atoms with van der Waals surface area (Å²) in [5.41, 5.74) is 0. The Kier molecular flexibility index (Phi) is 14.3. The van der Waals surface area contributed by atoms with Crippen molar-refractivity contribution in [3.63, 3.8) is 0 Å². The molecule has 6 heteroatoms. The highest BCUT2D eigenvalue weighted by molar-refractivity contribution is 14.1. The minimum absolute atomic E-state index is 0. The molecule has 0 aromatic heterocycles. The molecule has 16 heavy (non-hydrogen) atoms. The van der Waals surface area contributed by atoms with Crippen LogP contribution in [-0.4, -0.2) is 17.0 Å². The third-order valence-corrected chi connectivity index (χ3v) is 2.60. The summed E-state index contributed by atoms with van der Waals surface area (Å²) in [6.45, 7) is 0. The van der Waals surface area contributed by atoms with Crippen LogP contribution in [0.3, 0.4) is 0 Å². The lowest BCUT2D eigenvalue weighted by molar-refractivity contribution is -0.137. The van der Waals surface area contributed by atoms with Crippen LogP contribution in [-0.2, 0) is 12.7 Å². The summed E-state index contributed by atoms with van der Waals surface area (Å²) in [5.74, 6) is -0.888. The van der Waals surface area contributed by atoms with Crippen molar-refractivity contribution in [2.24, 2.45) is 0 Å². The quantitative estimate of drug-likeness (QED) is 0.494. The smallest absolute Gasteiger partial charge is 0.315 e. The van der Waals surface area contributed by atoms with Crippen molar-refractivity contribution in [3.8, 4) is 0 Å². The number of unbranched alkanes of at least 4 members (excludes halogenated alkanes) is 5. The number of carbonyl (C=O) groups excluding carboxylic acids is 1. The molecule has 0 aromatic rings. The van der Waals surface area contributed by atoms with E-state index in [9.17, 15) is 9.59 Å². The van der Waals surface area contributed by atoms with Crippen LogP contribution in [0, 0.1) is 0 Å². The van der Waals surface area contributed by atoms with Gasteiger partial charge in [-0.25, -0.2) is 0 Å². The SMILES string of the molecule is N.O=C(O)CCCCCCCCC(=O)OI. The molecule has 4 N–H and O–H groups in total. The number of aliphatic carboxylic acids is 1. The zero-order chi connectivity index (χ0) is 11.5. The van der Waals surface area contributed by atoms with Crippen molar-refractivity contribution in [3.05, 3.63) is 0 Å². The van der Waals surface area contributed by atoms with Crippen LogP contribution in [0.2, 0.25) is 0 Å². The van der Waals surface area contributed by atoms with Crippen LogP contribution >= 0.6 is 23.0 Å². The summed E-state index contributed by atoms with van der Waals surface area (Å²) in [6, 6.07) is 0. The van der Waals surface area contributed by atoms with E-state index in [-0.39, 0.29) is 18.5 Å². The molecular formula is C10H20INO4. The van der Waals surface area contributed by atoms with Crippen LogP contribution in [0.5, 0.6) is 0 Å². The van der Waals surface area contributed by atoms with Gasteiger partial charge in [0.05, 0.1) is 0 Å². The Hall–Kier alpha value is -0.370. The fraction of sp³-hybridized carbons (Fsp3) is 0.800. The van der Waals surface area contributed by atoms with Gasteiger partial charge in [0, 0.05) is 12.8 Å². The van der Waals surface area contributed by atoms with Gasteiger partial charge in [0.15, 0.2) is 23.0 Å². The highest BCUT2D eigenvalue weighted by Gasteiger charge is 2.00. The number of halogens is 1. The highest BCUT2D eigenvalue weighted by atomic mass is 127. The van der Waals surface area contributed by atoms with Gasteiger partial charge < -0.3 is 14.3 Å². The molecule has 0 unspecified atom stereocenters. The normalized spacial score (nSPS) is 9.31. The van der Waals surface area contributed by atoms with Gasteiger partial charge in [0.25, 0.3) is 0 Å². The second-order valence-corrected chi connectivity index (χ2v) is 3.90. The van der Waals surface area contributed by atoms with Gasteiger partial charge in [-0.3, -0.25) is 9.59 Å². The first-order valence-corrected chi connectivity index (χ1v) is 6.08. The number of carboxylic acid groups (broad SMARTS) is 1. The van der Waals surface area contributed by atoms with E-state index in [1.54, 1.807) is 23.0 Å². The Bertz CT molecular complexity index is 199. The lowest BCUT2D eigenvalue weighted by Crippen LogP contribution is -1.95. The Balaban J connectivity index is 0. The first kappa shape index (κ1) is 18.0. The molecule has 0 aromatic carbocycles. The summed E-state index contributed by atoms with van der Waals surface area (Å²) >= 11 is 1.59. The van der Waals surface area contributed by atoms with E-state index in [4.69, 9.17) is 5.11 Å². The van der Waals surface area contributed by atoms with Crippen LogP contribution in [0.4, 0.5) is 0 Å². The average molecular weight is 345 g/mol. The van der Waals surface area contributed by atoms with E-state index in [1.807, 2.05) is 0 Å². The van der Waals surface area contributed by atoms with Gasteiger partial charge in [-0.1, -0.05) is 25.7 Å². The van der Waals surface area contributed by atoms with Gasteiger partial charge >= 0.3 is 11.9 Å². The fourth-order valence-electron chi connectivity index (χ4n) is 1.29. The van der Waals surface area contributed by atoms with E-state index in [1.165, 1.54) is 0 Å². The van der Waals surface area contributed by atoms with Crippen molar-refractivity contribution < 1.29 is 17.8 Å². The van der Waals surface area contributed by atoms with Crippen LogP contribution in [0.15, 0.2) is 0 Å². The molecule has 0 aliphatic rings. The molecule has 0 aliphatic carbocycles. The average Bonchev–Trinajstić information content (AvgIpc) is 2.21. The summed E-state index contributed by atoms with van der Waals surface area (Å²) in [6.07, 6.45) is 6.45. The fourth-order valence-corrected chi connectivity index (χ4v) is 1.51. The van der Waals surface area contributed by atoms with Crippen LogP contribution in [0.25, 0.3) is 0 Å². The molecule has 0 saturated carbocycles. The van der Waals surface area contributed by atoms with Crippen molar-refractivity contribution in [2.45, 2.75) is 51.4 Å². The number of hydrogen-bond donors (Lipinski definition) is 2. The molecule has 5 nitrogen and oxygen atoms in total. The van der Waals surface area contributed by atoms with Gasteiger partial charge in [0.2, 0.25) is 0 Å². The third-order valence-electron chi connectivity index (χ3n) is 2.11. The molecule has 0 saturated heterocycles. The standard InChI is InChI=1S/C10H17IO4.H3N/c11-15-10(14)8-6-4-2-1-3-5-7-9(12)13;/h1-8H2,(H,12,13);1H3. The maximum atomic E-state index is 10.7. The predicted octanol–water partition coefficient (Wildman–Crippen LogP) is 3.25. The monoisotopic (exact) mass is 345 g/mol. The second kappa shape index (κ2) is 12.7. The zero-order valence-corrected chi connectivity index (χ0v) is 11.6. The first-order valence-electron chi connectivity index (χ1n) is 5.20. The van der Waals surface area contributed by atoms with Gasteiger partial charge in [-0.05, 0) is 12.8 Å². The first-order chi connectivity index (χ1) is 7.16. The van der Waals surface area contributed by atoms with Crippen LogP contribution < -0.4 is 6.15 Å². The minimum Gasteiger partial charge on any atom is -0.481 e. The molecule has 96 valence electrons. The number of carboxylic acids is 1. The largest absolute Gasteiger partial charge is 0.481 e. The van der Waals surface area contributed by atoms with E-state index in [2.05, 4.69) is 3.07 Å². The third kappa shape index (κ3) is 13.6. The van der Waals surface area contributed by atoms with Gasteiger partial charge in [-0.15, -0.1) is 0 Å². The maximum Gasteiger partial charge on any atom is 0.315 e. The molecule has 0 aliphatic heterocycles. The summed E-state index contributed by atoms with van der Waals surface area (Å²) in [7, 11) is 0. The van der Waals surface area contributed by atoms with E-state index >= 15 is 0 Å².